The van der Waals surface area contributed by atoms with E-state index in [1.165, 1.54) is 0 Å². The summed E-state index contributed by atoms with van der Waals surface area (Å²) in [5, 5.41) is 0. The molecular formula is C27H30N4O2. The monoisotopic (exact) mass is 442 g/mol. The summed E-state index contributed by atoms with van der Waals surface area (Å²) >= 11 is 0. The molecule has 0 N–H and O–H groups in total. The SMILES string of the molecule is CN(C)C(=O)C1(Cc2ccc(-c3cccnc3)cc2)CCN(C(=O)Cc2cccnc2)CC1. The van der Waals surface area contributed by atoms with Crippen molar-refractivity contribution >= 4 is 11.8 Å². The van der Waals surface area contributed by atoms with Gasteiger partial charge in [-0.3, -0.25) is 19.6 Å². The molecule has 3 aromatic rings. The van der Waals surface area contributed by atoms with Crippen LogP contribution in [0, 0.1) is 5.41 Å². The molecule has 3 heterocycles. The number of rotatable bonds is 6. The highest BCUT2D eigenvalue weighted by Crippen LogP contribution is 2.37. The largest absolute Gasteiger partial charge is 0.348 e. The van der Waals surface area contributed by atoms with Gasteiger partial charge in [0.2, 0.25) is 11.8 Å². The molecule has 6 nitrogen and oxygen atoms in total. The van der Waals surface area contributed by atoms with E-state index < -0.39 is 5.41 Å². The van der Waals surface area contributed by atoms with E-state index in [0.717, 1.165) is 22.3 Å². The number of piperidine rings is 1. The number of nitrogens with zero attached hydrogens (tertiary/aromatic N) is 4. The number of hydrogen-bond donors (Lipinski definition) is 0. The van der Waals surface area contributed by atoms with E-state index in [9.17, 15) is 9.59 Å². The van der Waals surface area contributed by atoms with E-state index in [0.29, 0.717) is 38.8 Å². The minimum atomic E-state index is -0.496. The normalized spacial score (nSPS) is 15.2. The van der Waals surface area contributed by atoms with Gasteiger partial charge in [0.05, 0.1) is 11.8 Å². The first-order chi connectivity index (χ1) is 16.0. The second kappa shape index (κ2) is 9.94. The van der Waals surface area contributed by atoms with Crippen molar-refractivity contribution in [2.75, 3.05) is 27.2 Å². The van der Waals surface area contributed by atoms with Gasteiger partial charge in [-0.25, -0.2) is 0 Å². The maximum Gasteiger partial charge on any atom is 0.228 e. The molecule has 2 amide bonds. The first kappa shape index (κ1) is 22.6. The van der Waals surface area contributed by atoms with Crippen molar-refractivity contribution in [3.05, 3.63) is 84.4 Å². The van der Waals surface area contributed by atoms with Crippen molar-refractivity contribution < 1.29 is 9.59 Å². The van der Waals surface area contributed by atoms with Crippen LogP contribution in [0.3, 0.4) is 0 Å². The first-order valence-electron chi connectivity index (χ1n) is 11.3. The standard InChI is InChI=1S/C27H30N4O2/c1-30(2)26(33)27(18-21-7-9-23(10-8-21)24-6-4-14-29-20-24)11-15-31(16-12-27)25(32)17-22-5-3-13-28-19-22/h3-10,13-14,19-20H,11-12,15-18H2,1-2H3. The molecule has 4 rings (SSSR count). The molecule has 0 unspecified atom stereocenters. The van der Waals surface area contributed by atoms with Gasteiger partial charge in [-0.2, -0.15) is 0 Å². The Morgan fingerprint density at radius 3 is 2.12 bits per heavy atom. The molecule has 170 valence electrons. The van der Waals surface area contributed by atoms with E-state index in [1.54, 1.807) is 23.5 Å². The van der Waals surface area contributed by atoms with Crippen molar-refractivity contribution in [2.45, 2.75) is 25.7 Å². The van der Waals surface area contributed by atoms with Gasteiger partial charge in [-0.1, -0.05) is 36.4 Å². The van der Waals surface area contributed by atoms with Crippen LogP contribution in [0.2, 0.25) is 0 Å². The van der Waals surface area contributed by atoms with Gasteiger partial charge in [-0.15, -0.1) is 0 Å². The van der Waals surface area contributed by atoms with Crippen LogP contribution in [0.4, 0.5) is 0 Å². The molecule has 0 aliphatic carbocycles. The lowest BCUT2D eigenvalue weighted by molar-refractivity contribution is -0.146. The van der Waals surface area contributed by atoms with Gasteiger partial charge in [0.15, 0.2) is 0 Å². The number of pyridine rings is 2. The molecule has 1 aromatic carbocycles. The highest BCUT2D eigenvalue weighted by atomic mass is 16.2. The van der Waals surface area contributed by atoms with Crippen LogP contribution >= 0.6 is 0 Å². The zero-order valence-corrected chi connectivity index (χ0v) is 19.3. The quantitative estimate of drug-likeness (QED) is 0.585. The van der Waals surface area contributed by atoms with E-state index in [4.69, 9.17) is 0 Å². The van der Waals surface area contributed by atoms with E-state index in [-0.39, 0.29) is 11.8 Å². The molecule has 33 heavy (non-hydrogen) atoms. The summed E-state index contributed by atoms with van der Waals surface area (Å²) < 4.78 is 0. The number of likely N-dealkylation sites (tertiary alicyclic amines) is 1. The Kier molecular flexibility index (Phi) is 6.82. The Hall–Kier alpha value is -3.54. The Morgan fingerprint density at radius 2 is 1.55 bits per heavy atom. The van der Waals surface area contributed by atoms with E-state index >= 15 is 0 Å². The summed E-state index contributed by atoms with van der Waals surface area (Å²) in [6.45, 7) is 1.18. The topological polar surface area (TPSA) is 66.4 Å². The fourth-order valence-electron chi connectivity index (χ4n) is 4.65. The van der Waals surface area contributed by atoms with Crippen molar-refractivity contribution in [3.8, 4) is 11.1 Å². The third kappa shape index (κ3) is 5.28. The summed E-state index contributed by atoms with van der Waals surface area (Å²) in [6, 6.07) is 16.1. The molecule has 1 aliphatic heterocycles. The molecule has 1 aliphatic rings. The summed E-state index contributed by atoms with van der Waals surface area (Å²) in [7, 11) is 3.63. The molecule has 0 bridgehead atoms. The lowest BCUT2D eigenvalue weighted by atomic mass is 9.72. The molecule has 1 saturated heterocycles. The maximum atomic E-state index is 13.3. The van der Waals surface area contributed by atoms with Gasteiger partial charge in [0, 0.05) is 52.0 Å². The number of amides is 2. The van der Waals surface area contributed by atoms with Crippen molar-refractivity contribution in [1.29, 1.82) is 0 Å². The molecule has 6 heteroatoms. The molecule has 0 spiro atoms. The van der Waals surface area contributed by atoms with Crippen molar-refractivity contribution in [1.82, 2.24) is 19.8 Å². The maximum absolute atomic E-state index is 13.3. The first-order valence-corrected chi connectivity index (χ1v) is 11.3. The summed E-state index contributed by atoms with van der Waals surface area (Å²) in [6.07, 6.45) is 9.39. The van der Waals surface area contributed by atoms with E-state index in [1.807, 2.05) is 49.5 Å². The van der Waals surface area contributed by atoms with Crippen LogP contribution in [0.15, 0.2) is 73.3 Å². The van der Waals surface area contributed by atoms with E-state index in [2.05, 4.69) is 34.2 Å². The minimum Gasteiger partial charge on any atom is -0.348 e. The second-order valence-corrected chi connectivity index (χ2v) is 9.01. The van der Waals surface area contributed by atoms with Gasteiger partial charge in [0.25, 0.3) is 0 Å². The van der Waals surface area contributed by atoms with Crippen molar-refractivity contribution in [3.63, 3.8) is 0 Å². The van der Waals surface area contributed by atoms with Crippen LogP contribution in [0.25, 0.3) is 11.1 Å². The number of aromatic nitrogens is 2. The fourth-order valence-corrected chi connectivity index (χ4v) is 4.65. The van der Waals surface area contributed by atoms with Crippen LogP contribution < -0.4 is 0 Å². The minimum absolute atomic E-state index is 0.0923. The van der Waals surface area contributed by atoms with Gasteiger partial charge in [0.1, 0.15) is 0 Å². The lowest BCUT2D eigenvalue weighted by Gasteiger charge is -2.42. The lowest BCUT2D eigenvalue weighted by Crippen LogP contribution is -2.51. The zero-order valence-electron chi connectivity index (χ0n) is 19.3. The van der Waals surface area contributed by atoms with Crippen LogP contribution in [0.1, 0.15) is 24.0 Å². The highest BCUT2D eigenvalue weighted by molar-refractivity contribution is 5.84. The predicted molar refractivity (Wildman–Crippen MR) is 128 cm³/mol. The molecule has 0 saturated carbocycles. The molecule has 0 radical (unpaired) electrons. The van der Waals surface area contributed by atoms with Crippen LogP contribution in [0.5, 0.6) is 0 Å². The van der Waals surface area contributed by atoms with Crippen molar-refractivity contribution in [2.24, 2.45) is 5.41 Å². The summed E-state index contributed by atoms with van der Waals surface area (Å²) in [5.41, 5.74) is 3.73. The molecule has 1 fully saturated rings. The number of hydrogen-bond acceptors (Lipinski definition) is 4. The highest BCUT2D eigenvalue weighted by Gasteiger charge is 2.43. The number of benzene rings is 1. The summed E-state index contributed by atoms with van der Waals surface area (Å²) in [4.78, 5) is 38.0. The number of carbonyl (C=O) groups excluding carboxylic acids is 2. The Labute approximate surface area is 195 Å². The smallest absolute Gasteiger partial charge is 0.228 e. The average molecular weight is 443 g/mol. The van der Waals surface area contributed by atoms with Gasteiger partial charge < -0.3 is 9.80 Å². The Bertz CT molecular complexity index is 1070. The van der Waals surface area contributed by atoms with Gasteiger partial charge in [-0.05, 0) is 53.6 Å². The zero-order chi connectivity index (χ0) is 23.3. The fraction of sp³-hybridized carbons (Fsp3) is 0.333. The van der Waals surface area contributed by atoms with Crippen LogP contribution in [-0.2, 0) is 22.4 Å². The Balaban J connectivity index is 1.46. The molecule has 0 atom stereocenters. The Morgan fingerprint density at radius 1 is 0.879 bits per heavy atom. The predicted octanol–water partition coefficient (Wildman–Crippen LogP) is 3.63. The number of carbonyl (C=O) groups is 2. The average Bonchev–Trinajstić information content (AvgIpc) is 2.85. The third-order valence-corrected chi connectivity index (χ3v) is 6.50. The van der Waals surface area contributed by atoms with Crippen LogP contribution in [-0.4, -0.2) is 58.8 Å². The second-order valence-electron chi connectivity index (χ2n) is 9.01. The molecule has 2 aromatic heterocycles. The molecular weight excluding hydrogens is 412 g/mol. The van der Waals surface area contributed by atoms with Gasteiger partial charge >= 0.3 is 0 Å². The summed E-state index contributed by atoms with van der Waals surface area (Å²) in [5.74, 6) is 0.230. The third-order valence-electron chi connectivity index (χ3n) is 6.50.